The van der Waals surface area contributed by atoms with Gasteiger partial charge < -0.3 is 5.11 Å². The summed E-state index contributed by atoms with van der Waals surface area (Å²) in [4.78, 5) is 3.47. The van der Waals surface area contributed by atoms with Gasteiger partial charge in [0, 0.05) is 0 Å². The molecule has 0 spiro atoms. The Morgan fingerprint density at radius 1 is 1.90 bits per heavy atom. The van der Waals surface area contributed by atoms with E-state index >= 15 is 0 Å². The SMILES string of the molecule is N=S(N)(=O)c1ncc(O)s1. The Morgan fingerprint density at radius 2 is 2.50 bits per heavy atom. The van der Waals surface area contributed by atoms with Gasteiger partial charge in [-0.1, -0.05) is 11.3 Å². The molecule has 1 aromatic rings. The molecule has 0 fully saturated rings. The van der Waals surface area contributed by atoms with Gasteiger partial charge in [-0.25, -0.2) is 19.1 Å². The second-order valence-electron chi connectivity index (χ2n) is 1.57. The third-order valence-corrected chi connectivity index (χ3v) is 2.94. The zero-order chi connectivity index (χ0) is 7.78. The third-order valence-electron chi connectivity index (χ3n) is 0.732. The molecule has 0 aliphatic rings. The van der Waals surface area contributed by atoms with E-state index in [1.165, 1.54) is 0 Å². The summed E-state index contributed by atoms with van der Waals surface area (Å²) >= 11 is 0.751. The van der Waals surface area contributed by atoms with Crippen molar-refractivity contribution in [1.82, 2.24) is 4.98 Å². The number of rotatable bonds is 1. The van der Waals surface area contributed by atoms with Gasteiger partial charge in [-0.15, -0.1) is 0 Å². The van der Waals surface area contributed by atoms with E-state index in [-0.39, 0.29) is 9.40 Å². The summed E-state index contributed by atoms with van der Waals surface area (Å²) in [7, 11) is -3.23. The molecule has 56 valence electrons. The van der Waals surface area contributed by atoms with Gasteiger partial charge >= 0.3 is 0 Å². The molecule has 0 aliphatic carbocycles. The van der Waals surface area contributed by atoms with Gasteiger partial charge in [0.25, 0.3) is 0 Å². The molecular weight excluding hydrogens is 174 g/mol. The minimum absolute atomic E-state index is 0.0509. The number of aromatic hydroxyl groups is 1. The van der Waals surface area contributed by atoms with Gasteiger partial charge in [-0.2, -0.15) is 0 Å². The second kappa shape index (κ2) is 2.19. The van der Waals surface area contributed by atoms with Crippen LogP contribution in [0, 0.1) is 4.78 Å². The molecule has 0 aromatic carbocycles. The van der Waals surface area contributed by atoms with Crippen LogP contribution in [0.3, 0.4) is 0 Å². The van der Waals surface area contributed by atoms with Crippen molar-refractivity contribution in [1.29, 1.82) is 4.78 Å². The van der Waals surface area contributed by atoms with Crippen LogP contribution in [0.1, 0.15) is 0 Å². The van der Waals surface area contributed by atoms with Crippen LogP contribution in [0.4, 0.5) is 0 Å². The first-order valence-electron chi connectivity index (χ1n) is 2.21. The lowest BCUT2D eigenvalue weighted by Gasteiger charge is -1.89. The van der Waals surface area contributed by atoms with Crippen LogP contribution in [0.5, 0.6) is 5.06 Å². The third kappa shape index (κ3) is 1.43. The molecule has 5 nitrogen and oxygen atoms in total. The van der Waals surface area contributed by atoms with E-state index in [0.29, 0.717) is 0 Å². The molecule has 0 saturated carbocycles. The number of hydrogen-bond acceptors (Lipinski definition) is 5. The Balaban J connectivity index is 3.21. The maximum Gasteiger partial charge on any atom is 0.207 e. The summed E-state index contributed by atoms with van der Waals surface area (Å²) in [6.45, 7) is 0. The van der Waals surface area contributed by atoms with Crippen molar-refractivity contribution in [2.45, 2.75) is 4.34 Å². The average molecular weight is 179 g/mol. The van der Waals surface area contributed by atoms with Crippen molar-refractivity contribution in [3.63, 3.8) is 0 Å². The highest BCUT2D eigenvalue weighted by atomic mass is 32.2. The molecule has 0 saturated heterocycles. The number of hydrogen-bond donors (Lipinski definition) is 3. The van der Waals surface area contributed by atoms with E-state index < -0.39 is 9.92 Å². The summed E-state index contributed by atoms with van der Waals surface area (Å²) in [6, 6.07) is 0. The first-order chi connectivity index (χ1) is 4.50. The maximum atomic E-state index is 10.7. The Morgan fingerprint density at radius 3 is 2.70 bits per heavy atom. The van der Waals surface area contributed by atoms with Crippen molar-refractivity contribution in [3.8, 4) is 5.06 Å². The van der Waals surface area contributed by atoms with Gasteiger partial charge in [0.05, 0.1) is 6.20 Å². The molecule has 0 radical (unpaired) electrons. The fourth-order valence-electron chi connectivity index (χ4n) is 0.390. The van der Waals surface area contributed by atoms with Gasteiger partial charge in [0.15, 0.2) is 15.0 Å². The molecule has 1 atom stereocenters. The zero-order valence-electron chi connectivity index (χ0n) is 4.77. The average Bonchev–Trinajstić information content (AvgIpc) is 2.11. The lowest BCUT2D eigenvalue weighted by molar-refractivity contribution is 0.489. The first-order valence-corrected chi connectivity index (χ1v) is 4.65. The van der Waals surface area contributed by atoms with Gasteiger partial charge in [-0.3, -0.25) is 0 Å². The number of nitrogens with two attached hydrogens (primary N) is 1. The molecule has 7 heteroatoms. The predicted molar refractivity (Wildman–Crippen MR) is 37.1 cm³/mol. The minimum atomic E-state index is -3.23. The lowest BCUT2D eigenvalue weighted by Crippen LogP contribution is -2.09. The number of nitrogens with zero attached hydrogens (tertiary/aromatic N) is 1. The van der Waals surface area contributed by atoms with E-state index in [2.05, 4.69) is 4.98 Å². The summed E-state index contributed by atoms with van der Waals surface area (Å²) in [5.74, 6) is 0. The van der Waals surface area contributed by atoms with Gasteiger partial charge in [0.2, 0.25) is 4.34 Å². The summed E-state index contributed by atoms with van der Waals surface area (Å²) in [6.07, 6.45) is 1.11. The Labute approximate surface area is 61.6 Å². The molecule has 1 heterocycles. The van der Waals surface area contributed by atoms with E-state index in [0.717, 1.165) is 17.5 Å². The van der Waals surface area contributed by atoms with Crippen molar-refractivity contribution in [3.05, 3.63) is 6.20 Å². The monoisotopic (exact) mass is 179 g/mol. The molecule has 0 bridgehead atoms. The van der Waals surface area contributed by atoms with Crippen LogP contribution in [0.25, 0.3) is 0 Å². The quantitative estimate of drug-likeness (QED) is 0.571. The molecule has 0 amide bonds. The molecule has 1 rings (SSSR count). The molecule has 10 heavy (non-hydrogen) atoms. The maximum absolute atomic E-state index is 10.7. The summed E-state index contributed by atoms with van der Waals surface area (Å²) in [5, 5.41) is 13.5. The van der Waals surface area contributed by atoms with E-state index in [1.54, 1.807) is 0 Å². The molecule has 0 aliphatic heterocycles. The van der Waals surface area contributed by atoms with Gasteiger partial charge in [0.1, 0.15) is 0 Å². The highest BCUT2D eigenvalue weighted by molar-refractivity contribution is 7.92. The normalized spacial score (nSPS) is 16.5. The second-order valence-corrected chi connectivity index (χ2v) is 4.42. The van der Waals surface area contributed by atoms with E-state index in [9.17, 15) is 4.21 Å². The summed E-state index contributed by atoms with van der Waals surface area (Å²) < 4.78 is 17.5. The number of nitrogens with one attached hydrogen (secondary N) is 1. The zero-order valence-corrected chi connectivity index (χ0v) is 6.41. The van der Waals surface area contributed by atoms with Crippen LogP contribution in [-0.2, 0) is 9.92 Å². The largest absolute Gasteiger partial charge is 0.498 e. The van der Waals surface area contributed by atoms with Crippen LogP contribution in [-0.4, -0.2) is 14.3 Å². The smallest absolute Gasteiger partial charge is 0.207 e. The highest BCUT2D eigenvalue weighted by Crippen LogP contribution is 2.21. The minimum Gasteiger partial charge on any atom is -0.498 e. The van der Waals surface area contributed by atoms with E-state index in [1.807, 2.05) is 0 Å². The molecule has 4 N–H and O–H groups in total. The molecule has 1 aromatic heterocycles. The Bertz CT molecular complexity index is 327. The fraction of sp³-hybridized carbons (Fsp3) is 0. The predicted octanol–water partition coefficient (Wildman–Crippen LogP) is 0.128. The van der Waals surface area contributed by atoms with Crippen LogP contribution < -0.4 is 5.14 Å². The van der Waals surface area contributed by atoms with Crippen molar-refractivity contribution >= 4 is 21.3 Å². The van der Waals surface area contributed by atoms with Crippen LogP contribution in [0.15, 0.2) is 10.5 Å². The Kier molecular flexibility index (Phi) is 1.63. The molecule has 1 unspecified atom stereocenters. The molecular formula is C3H5N3O2S2. The standard InChI is InChI=1S/C3H5N3O2S2/c4-10(5,8)3-6-1-2(7)9-3/h1,7H,(H3,4,5,8). The lowest BCUT2D eigenvalue weighted by atomic mass is 10.9. The first kappa shape index (κ1) is 7.45. The highest BCUT2D eigenvalue weighted by Gasteiger charge is 2.08. The van der Waals surface area contributed by atoms with Crippen LogP contribution >= 0.6 is 11.3 Å². The van der Waals surface area contributed by atoms with Crippen molar-refractivity contribution < 1.29 is 9.32 Å². The summed E-state index contributed by atoms with van der Waals surface area (Å²) in [5.41, 5.74) is 0. The van der Waals surface area contributed by atoms with Gasteiger partial charge in [-0.05, 0) is 0 Å². The number of thiazole rings is 1. The Hall–Kier alpha value is -0.660. The topological polar surface area (TPSA) is 100 Å². The number of aromatic nitrogens is 1. The fourth-order valence-corrected chi connectivity index (χ4v) is 1.74. The van der Waals surface area contributed by atoms with Crippen LogP contribution in [0.2, 0.25) is 0 Å². The van der Waals surface area contributed by atoms with E-state index in [4.69, 9.17) is 15.0 Å². The van der Waals surface area contributed by atoms with Crippen molar-refractivity contribution in [2.75, 3.05) is 0 Å². The van der Waals surface area contributed by atoms with Crippen molar-refractivity contribution in [2.24, 2.45) is 5.14 Å².